The van der Waals surface area contributed by atoms with Crippen molar-refractivity contribution in [2.45, 2.75) is 21.1 Å². The summed E-state index contributed by atoms with van der Waals surface area (Å²) in [6.45, 7) is 0.843. The standard InChI is InChI=1S/C24H19NO5S2/c26-16-17-8-4-7-13-21(17)31-23-22(24-29-14-15-30-24)19-11-5-6-12-20(19)25(23)32(27,28)18-9-2-1-3-10-18/h1-13,16,24H,14-15H2. The van der Waals surface area contributed by atoms with Crippen molar-refractivity contribution in [2.24, 2.45) is 0 Å². The second kappa shape index (κ2) is 8.55. The summed E-state index contributed by atoms with van der Waals surface area (Å²) in [7, 11) is -3.95. The van der Waals surface area contributed by atoms with Crippen molar-refractivity contribution >= 4 is 39.0 Å². The fourth-order valence-electron chi connectivity index (χ4n) is 3.77. The number of para-hydroxylation sites is 1. The van der Waals surface area contributed by atoms with Crippen LogP contribution in [0.5, 0.6) is 0 Å². The molecule has 0 N–H and O–H groups in total. The Morgan fingerprint density at radius 2 is 1.53 bits per heavy atom. The summed E-state index contributed by atoms with van der Waals surface area (Å²) in [6.07, 6.45) is 0.0708. The SMILES string of the molecule is O=Cc1ccccc1Sc1c(C2OCCO2)c2ccccc2n1S(=O)(=O)c1ccccc1. The molecular weight excluding hydrogens is 446 g/mol. The first-order chi connectivity index (χ1) is 15.6. The molecule has 0 unspecified atom stereocenters. The van der Waals surface area contributed by atoms with Gasteiger partial charge in [0, 0.05) is 21.4 Å². The van der Waals surface area contributed by atoms with Crippen LogP contribution in [0.15, 0.2) is 93.7 Å². The molecule has 0 amide bonds. The van der Waals surface area contributed by atoms with E-state index in [-0.39, 0.29) is 4.90 Å². The zero-order valence-electron chi connectivity index (χ0n) is 16.9. The Kier molecular flexibility index (Phi) is 5.60. The molecule has 0 saturated carbocycles. The molecule has 1 aliphatic heterocycles. The summed E-state index contributed by atoms with van der Waals surface area (Å²) in [5.41, 5.74) is 1.64. The van der Waals surface area contributed by atoms with E-state index in [1.54, 1.807) is 60.7 Å². The molecule has 0 atom stereocenters. The van der Waals surface area contributed by atoms with Gasteiger partial charge in [-0.2, -0.15) is 0 Å². The molecule has 6 nitrogen and oxygen atoms in total. The topological polar surface area (TPSA) is 74.6 Å². The zero-order chi connectivity index (χ0) is 22.1. The first kappa shape index (κ1) is 21.0. The highest BCUT2D eigenvalue weighted by Gasteiger charge is 2.33. The summed E-state index contributed by atoms with van der Waals surface area (Å²) in [5.74, 6) is 0. The van der Waals surface area contributed by atoms with Crippen molar-refractivity contribution in [2.75, 3.05) is 13.2 Å². The highest BCUT2D eigenvalue weighted by atomic mass is 32.2. The Labute approximate surface area is 189 Å². The molecule has 8 heteroatoms. The monoisotopic (exact) mass is 465 g/mol. The first-order valence-corrected chi connectivity index (χ1v) is 12.3. The third-order valence-electron chi connectivity index (χ3n) is 5.22. The van der Waals surface area contributed by atoms with Crippen molar-refractivity contribution in [3.8, 4) is 0 Å². The van der Waals surface area contributed by atoms with E-state index in [0.29, 0.717) is 39.8 Å². The van der Waals surface area contributed by atoms with Crippen LogP contribution in [0.3, 0.4) is 0 Å². The molecule has 3 aromatic carbocycles. The number of fused-ring (bicyclic) bond motifs is 1. The predicted molar refractivity (Wildman–Crippen MR) is 122 cm³/mol. The number of aromatic nitrogens is 1. The van der Waals surface area contributed by atoms with Crippen LogP contribution in [-0.2, 0) is 19.5 Å². The van der Waals surface area contributed by atoms with Crippen LogP contribution in [0, 0.1) is 0 Å². The predicted octanol–water partition coefficient (Wildman–Crippen LogP) is 4.89. The van der Waals surface area contributed by atoms with Crippen molar-refractivity contribution in [3.63, 3.8) is 0 Å². The van der Waals surface area contributed by atoms with E-state index >= 15 is 0 Å². The molecule has 0 radical (unpaired) electrons. The van der Waals surface area contributed by atoms with Crippen LogP contribution in [0.25, 0.3) is 10.9 Å². The fourth-order valence-corrected chi connectivity index (χ4v) is 6.71. The molecule has 162 valence electrons. The normalized spacial score (nSPS) is 14.8. The van der Waals surface area contributed by atoms with Crippen molar-refractivity contribution in [1.82, 2.24) is 3.97 Å². The van der Waals surface area contributed by atoms with Gasteiger partial charge in [0.05, 0.1) is 23.6 Å². The van der Waals surface area contributed by atoms with Gasteiger partial charge in [-0.3, -0.25) is 4.79 Å². The van der Waals surface area contributed by atoms with Crippen LogP contribution < -0.4 is 0 Å². The highest BCUT2D eigenvalue weighted by Crippen LogP contribution is 2.44. The van der Waals surface area contributed by atoms with Gasteiger partial charge in [0.25, 0.3) is 10.0 Å². The molecule has 1 fully saturated rings. The number of rotatable bonds is 6. The van der Waals surface area contributed by atoms with Crippen molar-refractivity contribution in [1.29, 1.82) is 0 Å². The number of hydrogen-bond donors (Lipinski definition) is 0. The summed E-state index contributed by atoms with van der Waals surface area (Å²) >= 11 is 1.22. The minimum Gasteiger partial charge on any atom is -0.346 e. The molecule has 32 heavy (non-hydrogen) atoms. The largest absolute Gasteiger partial charge is 0.346 e. The molecule has 5 rings (SSSR count). The Hall–Kier alpha value is -2.91. The molecule has 0 bridgehead atoms. The van der Waals surface area contributed by atoms with Crippen LogP contribution in [-0.4, -0.2) is 31.9 Å². The lowest BCUT2D eigenvalue weighted by atomic mass is 10.2. The van der Waals surface area contributed by atoms with Gasteiger partial charge < -0.3 is 9.47 Å². The van der Waals surface area contributed by atoms with E-state index in [4.69, 9.17) is 9.47 Å². The summed E-state index contributed by atoms with van der Waals surface area (Å²) < 4.78 is 40.6. The van der Waals surface area contributed by atoms with Crippen molar-refractivity contribution in [3.05, 3.63) is 90.0 Å². The highest BCUT2D eigenvalue weighted by molar-refractivity contribution is 8.00. The molecule has 1 aromatic heterocycles. The van der Waals surface area contributed by atoms with E-state index in [1.165, 1.54) is 15.7 Å². The van der Waals surface area contributed by atoms with Gasteiger partial charge >= 0.3 is 0 Å². The number of nitrogens with zero attached hydrogens (tertiary/aromatic N) is 1. The van der Waals surface area contributed by atoms with Crippen LogP contribution in [0.2, 0.25) is 0 Å². The average molecular weight is 466 g/mol. The van der Waals surface area contributed by atoms with E-state index < -0.39 is 16.3 Å². The molecule has 2 heterocycles. The third kappa shape index (κ3) is 3.55. The number of hydrogen-bond acceptors (Lipinski definition) is 6. The first-order valence-electron chi connectivity index (χ1n) is 10.0. The summed E-state index contributed by atoms with van der Waals surface area (Å²) in [5, 5.41) is 1.17. The molecule has 0 aliphatic carbocycles. The van der Waals surface area contributed by atoms with Gasteiger partial charge in [0.15, 0.2) is 12.6 Å². The quantitative estimate of drug-likeness (QED) is 0.378. The Morgan fingerprint density at radius 3 is 2.28 bits per heavy atom. The molecule has 4 aromatic rings. The van der Waals surface area contributed by atoms with Gasteiger partial charge in [-0.15, -0.1) is 0 Å². The number of aldehydes is 1. The van der Waals surface area contributed by atoms with Gasteiger partial charge in [-0.25, -0.2) is 12.4 Å². The zero-order valence-corrected chi connectivity index (χ0v) is 18.5. The van der Waals surface area contributed by atoms with Gasteiger partial charge in [0.2, 0.25) is 0 Å². The van der Waals surface area contributed by atoms with Crippen LogP contribution >= 0.6 is 11.8 Å². The van der Waals surface area contributed by atoms with E-state index in [1.807, 2.05) is 18.2 Å². The molecule has 1 saturated heterocycles. The maximum absolute atomic E-state index is 13.8. The lowest BCUT2D eigenvalue weighted by molar-refractivity contribution is -0.0450. The lowest BCUT2D eigenvalue weighted by Gasteiger charge is -2.15. The molecular formula is C24H19NO5S2. The summed E-state index contributed by atoms with van der Waals surface area (Å²) in [4.78, 5) is 12.5. The van der Waals surface area contributed by atoms with Gasteiger partial charge in [-0.05, 0) is 24.3 Å². The Bertz CT molecular complexity index is 1390. The van der Waals surface area contributed by atoms with Crippen molar-refractivity contribution < 1.29 is 22.7 Å². The minimum absolute atomic E-state index is 0.172. The lowest BCUT2D eigenvalue weighted by Crippen LogP contribution is -2.14. The Morgan fingerprint density at radius 1 is 0.875 bits per heavy atom. The maximum atomic E-state index is 13.8. The second-order valence-corrected chi connectivity index (χ2v) is 9.97. The summed E-state index contributed by atoms with van der Waals surface area (Å²) in [6, 6.07) is 22.7. The maximum Gasteiger partial charge on any atom is 0.269 e. The van der Waals surface area contributed by atoms with E-state index in [2.05, 4.69) is 0 Å². The van der Waals surface area contributed by atoms with Gasteiger partial charge in [0.1, 0.15) is 5.03 Å². The number of ether oxygens (including phenoxy) is 2. The average Bonchev–Trinajstić information content (AvgIpc) is 3.46. The molecule has 0 spiro atoms. The minimum atomic E-state index is -3.95. The number of carbonyl (C=O) groups is 1. The Balaban J connectivity index is 1.83. The fraction of sp³-hybridized carbons (Fsp3) is 0.125. The third-order valence-corrected chi connectivity index (χ3v) is 8.25. The van der Waals surface area contributed by atoms with Gasteiger partial charge in [-0.1, -0.05) is 66.4 Å². The number of carbonyl (C=O) groups excluding carboxylic acids is 1. The van der Waals surface area contributed by atoms with Crippen LogP contribution in [0.4, 0.5) is 0 Å². The van der Waals surface area contributed by atoms with E-state index in [9.17, 15) is 13.2 Å². The van der Waals surface area contributed by atoms with Crippen LogP contribution in [0.1, 0.15) is 22.2 Å². The second-order valence-electron chi connectivity index (χ2n) is 7.15. The number of benzene rings is 3. The van der Waals surface area contributed by atoms with E-state index in [0.717, 1.165) is 11.7 Å². The molecule has 1 aliphatic rings. The smallest absolute Gasteiger partial charge is 0.269 e.